The molecule has 0 fully saturated rings. The number of pyridine rings is 2. The zero-order valence-corrected chi connectivity index (χ0v) is 23.0. The number of carboxylic acid groups (broad SMARTS) is 1. The number of aryl methyl sites for hydroxylation is 1. The third kappa shape index (κ3) is 6.74. The molecule has 2 aromatic heterocycles. The van der Waals surface area contributed by atoms with E-state index < -0.39 is 17.8 Å². The van der Waals surface area contributed by atoms with Crippen LogP contribution in [0.5, 0.6) is 5.75 Å². The molecule has 0 aliphatic heterocycles. The summed E-state index contributed by atoms with van der Waals surface area (Å²) in [5, 5.41) is 13.0. The van der Waals surface area contributed by atoms with Crippen molar-refractivity contribution in [2.75, 3.05) is 18.5 Å². The van der Waals surface area contributed by atoms with Gasteiger partial charge < -0.3 is 20.1 Å². The Hall–Kier alpha value is -4.47. The Kier molecular flexibility index (Phi) is 8.98. The van der Waals surface area contributed by atoms with Gasteiger partial charge in [-0.3, -0.25) is 9.59 Å². The summed E-state index contributed by atoms with van der Waals surface area (Å²) in [6.45, 7) is 1.66. The Morgan fingerprint density at radius 2 is 1.88 bits per heavy atom. The smallest absolute Gasteiger partial charge is 0.354 e. The maximum Gasteiger partial charge on any atom is 0.354 e. The number of hydrogen-bond donors (Lipinski definition) is 2. The first-order valence-corrected chi connectivity index (χ1v) is 12.8. The molecule has 0 saturated heterocycles. The number of anilines is 1. The molecular formula is C29H24Cl2N4O5. The predicted octanol–water partition coefficient (Wildman–Crippen LogP) is 5.31. The van der Waals surface area contributed by atoms with Crippen LogP contribution in [0, 0.1) is 6.92 Å². The molecule has 0 aliphatic rings. The summed E-state index contributed by atoms with van der Waals surface area (Å²) < 4.78 is 6.04. The Morgan fingerprint density at radius 1 is 1.07 bits per heavy atom. The third-order valence-corrected chi connectivity index (χ3v) is 6.72. The van der Waals surface area contributed by atoms with Crippen molar-refractivity contribution in [2.45, 2.75) is 13.5 Å². The van der Waals surface area contributed by atoms with Crippen molar-refractivity contribution >= 4 is 63.7 Å². The molecule has 0 bridgehead atoms. The molecule has 0 atom stereocenters. The molecule has 204 valence electrons. The van der Waals surface area contributed by atoms with Crippen LogP contribution in [0.3, 0.4) is 0 Å². The average molecular weight is 579 g/mol. The number of carbonyl (C=O) groups excluding carboxylic acids is 2. The van der Waals surface area contributed by atoms with Crippen LogP contribution in [0.2, 0.25) is 10.0 Å². The summed E-state index contributed by atoms with van der Waals surface area (Å²) in [6, 6.07) is 15.6. The Morgan fingerprint density at radius 3 is 2.60 bits per heavy atom. The highest BCUT2D eigenvalue weighted by Crippen LogP contribution is 2.35. The molecule has 40 heavy (non-hydrogen) atoms. The highest BCUT2D eigenvalue weighted by atomic mass is 35.5. The van der Waals surface area contributed by atoms with E-state index in [2.05, 4.69) is 15.3 Å². The van der Waals surface area contributed by atoms with E-state index in [1.807, 2.05) is 37.3 Å². The van der Waals surface area contributed by atoms with Gasteiger partial charge in [-0.1, -0.05) is 47.5 Å². The minimum absolute atomic E-state index is 0.0477. The number of carboxylic acids is 1. The predicted molar refractivity (Wildman–Crippen MR) is 154 cm³/mol. The number of carbonyl (C=O) groups is 3. The molecule has 9 nitrogen and oxygen atoms in total. The Labute approximate surface area is 240 Å². The number of nitrogens with zero attached hydrogens (tertiary/aromatic N) is 3. The number of aromatic nitrogens is 2. The molecule has 0 unspecified atom stereocenters. The molecule has 4 aromatic rings. The standard InChI is InChI=1S/C29H24Cl2N4O5/c1-17-6-9-19-4-3-5-24(28(19)34-17)40-16-20-21(30)10-12-23(27(20)31)35(2)26(37)15-33-25(36)13-8-18-7-11-22(29(38)39)32-14-18/h3-14H,15-16H2,1-2H3,(H,33,36)(H,38,39)/b13-8+. The van der Waals surface area contributed by atoms with Gasteiger partial charge in [-0.2, -0.15) is 0 Å². The number of hydrogen-bond acceptors (Lipinski definition) is 6. The number of para-hydroxylation sites is 1. The maximum atomic E-state index is 12.8. The van der Waals surface area contributed by atoms with E-state index in [1.165, 1.54) is 42.4 Å². The largest absolute Gasteiger partial charge is 0.487 e. The van der Waals surface area contributed by atoms with Gasteiger partial charge in [0.25, 0.3) is 0 Å². The molecule has 2 heterocycles. The van der Waals surface area contributed by atoms with Crippen molar-refractivity contribution in [2.24, 2.45) is 0 Å². The highest BCUT2D eigenvalue weighted by molar-refractivity contribution is 6.38. The van der Waals surface area contributed by atoms with E-state index in [-0.39, 0.29) is 23.9 Å². The number of likely N-dealkylation sites (N-methyl/N-ethyl adjacent to an activating group) is 1. The van der Waals surface area contributed by atoms with Crippen LogP contribution < -0.4 is 15.0 Å². The second kappa shape index (κ2) is 12.6. The lowest BCUT2D eigenvalue weighted by Gasteiger charge is -2.21. The van der Waals surface area contributed by atoms with Gasteiger partial charge in [0, 0.05) is 41.0 Å². The van der Waals surface area contributed by atoms with E-state index in [0.717, 1.165) is 16.6 Å². The lowest BCUT2D eigenvalue weighted by atomic mass is 10.1. The van der Waals surface area contributed by atoms with Gasteiger partial charge in [-0.15, -0.1) is 0 Å². The second-order valence-electron chi connectivity index (χ2n) is 8.71. The van der Waals surface area contributed by atoms with Crippen LogP contribution in [0.25, 0.3) is 17.0 Å². The van der Waals surface area contributed by atoms with Gasteiger partial charge in [0.1, 0.15) is 23.6 Å². The molecule has 4 rings (SSSR count). The summed E-state index contributed by atoms with van der Waals surface area (Å²) in [7, 11) is 1.54. The van der Waals surface area contributed by atoms with E-state index in [9.17, 15) is 14.4 Å². The average Bonchev–Trinajstić information content (AvgIpc) is 2.94. The number of benzene rings is 2. The van der Waals surface area contributed by atoms with Gasteiger partial charge in [-0.05, 0) is 48.9 Å². The highest BCUT2D eigenvalue weighted by Gasteiger charge is 2.19. The molecule has 11 heteroatoms. The summed E-state index contributed by atoms with van der Waals surface area (Å²) in [5.41, 5.74) is 2.90. The summed E-state index contributed by atoms with van der Waals surface area (Å²) in [5.74, 6) is -1.50. The van der Waals surface area contributed by atoms with Gasteiger partial charge in [0.05, 0.1) is 17.3 Å². The molecule has 2 N–H and O–H groups in total. The van der Waals surface area contributed by atoms with Gasteiger partial charge in [0.2, 0.25) is 11.8 Å². The lowest BCUT2D eigenvalue weighted by Crippen LogP contribution is -2.37. The van der Waals surface area contributed by atoms with Crippen LogP contribution in [0.15, 0.2) is 66.9 Å². The van der Waals surface area contributed by atoms with E-state index >= 15 is 0 Å². The molecule has 2 amide bonds. The number of nitrogens with one attached hydrogen (secondary N) is 1. The van der Waals surface area contributed by atoms with Crippen LogP contribution >= 0.6 is 23.2 Å². The summed E-state index contributed by atoms with van der Waals surface area (Å²) in [4.78, 5) is 45.6. The SMILES string of the molecule is Cc1ccc2cccc(OCc3c(Cl)ccc(N(C)C(=O)CNC(=O)/C=C/c4ccc(C(=O)O)nc4)c3Cl)c2n1. The molecule has 2 aromatic carbocycles. The number of amides is 2. The quantitative estimate of drug-likeness (QED) is 0.258. The minimum atomic E-state index is -1.14. The van der Waals surface area contributed by atoms with Crippen LogP contribution in [0.4, 0.5) is 5.69 Å². The molecule has 0 saturated carbocycles. The molecule has 0 aliphatic carbocycles. The van der Waals surface area contributed by atoms with Crippen molar-refractivity contribution in [3.05, 3.63) is 99.4 Å². The van der Waals surface area contributed by atoms with E-state index in [1.54, 1.807) is 12.1 Å². The lowest BCUT2D eigenvalue weighted by molar-refractivity contribution is -0.122. The monoisotopic (exact) mass is 578 g/mol. The topological polar surface area (TPSA) is 122 Å². The van der Waals surface area contributed by atoms with Crippen molar-refractivity contribution < 1.29 is 24.2 Å². The fourth-order valence-corrected chi connectivity index (χ4v) is 4.34. The Bertz CT molecular complexity index is 1620. The van der Waals surface area contributed by atoms with Crippen LogP contribution in [-0.2, 0) is 16.2 Å². The van der Waals surface area contributed by atoms with Gasteiger partial charge in [0.15, 0.2) is 0 Å². The number of fused-ring (bicyclic) bond motifs is 1. The van der Waals surface area contributed by atoms with E-state index in [0.29, 0.717) is 27.6 Å². The van der Waals surface area contributed by atoms with E-state index in [4.69, 9.17) is 33.0 Å². The molecule has 0 spiro atoms. The van der Waals surface area contributed by atoms with Gasteiger partial charge >= 0.3 is 5.97 Å². The molecular weight excluding hydrogens is 555 g/mol. The number of ether oxygens (including phenoxy) is 1. The van der Waals surface area contributed by atoms with Crippen molar-refractivity contribution in [1.29, 1.82) is 0 Å². The fraction of sp³-hybridized carbons (Fsp3) is 0.138. The van der Waals surface area contributed by atoms with Gasteiger partial charge in [-0.25, -0.2) is 14.8 Å². The van der Waals surface area contributed by atoms with Crippen molar-refractivity contribution in [3.63, 3.8) is 0 Å². The first kappa shape index (κ1) is 28.5. The summed E-state index contributed by atoms with van der Waals surface area (Å²) in [6.07, 6.45) is 4.00. The Balaban J connectivity index is 1.40. The zero-order chi connectivity index (χ0) is 28.8. The maximum absolute atomic E-state index is 12.8. The van der Waals surface area contributed by atoms with Crippen LogP contribution in [0.1, 0.15) is 27.3 Å². The number of halogens is 2. The minimum Gasteiger partial charge on any atom is -0.487 e. The number of aromatic carboxylic acids is 1. The summed E-state index contributed by atoms with van der Waals surface area (Å²) >= 11 is 13.1. The van der Waals surface area contributed by atoms with Crippen molar-refractivity contribution in [3.8, 4) is 5.75 Å². The normalized spacial score (nSPS) is 11.0. The van der Waals surface area contributed by atoms with Crippen molar-refractivity contribution in [1.82, 2.24) is 15.3 Å². The fourth-order valence-electron chi connectivity index (χ4n) is 3.74. The zero-order valence-electron chi connectivity index (χ0n) is 21.5. The molecule has 0 radical (unpaired) electrons. The second-order valence-corrected chi connectivity index (χ2v) is 9.50. The third-order valence-electron chi connectivity index (χ3n) is 5.94. The first-order valence-electron chi connectivity index (χ1n) is 12.0. The van der Waals surface area contributed by atoms with Crippen LogP contribution in [-0.4, -0.2) is 46.5 Å². The number of rotatable bonds is 9. The first-order chi connectivity index (χ1) is 19.1.